The first kappa shape index (κ1) is 14.6. The van der Waals surface area contributed by atoms with Crippen LogP contribution in [0.15, 0.2) is 22.8 Å². The smallest absolute Gasteiger partial charge is 0.117 e. The van der Waals surface area contributed by atoms with Crippen molar-refractivity contribution in [3.63, 3.8) is 0 Å². The van der Waals surface area contributed by atoms with Crippen LogP contribution in [0.25, 0.3) is 0 Å². The number of nitrogens with one attached hydrogen (secondary N) is 1. The van der Waals surface area contributed by atoms with E-state index in [1.807, 2.05) is 12.1 Å². The molecule has 2 rings (SSSR count). The van der Waals surface area contributed by atoms with E-state index in [0.717, 1.165) is 24.9 Å². The van der Waals surface area contributed by atoms with Gasteiger partial charge in [0.15, 0.2) is 0 Å². The van der Waals surface area contributed by atoms with Gasteiger partial charge >= 0.3 is 0 Å². The van der Waals surface area contributed by atoms with E-state index in [1.54, 1.807) is 6.26 Å². The monoisotopic (exact) mass is 264 g/mol. The largest absolute Gasteiger partial charge is 0.468 e. The van der Waals surface area contributed by atoms with Gasteiger partial charge in [0.1, 0.15) is 5.76 Å². The maximum atomic E-state index is 5.34. The molecule has 1 aromatic rings. The number of piperidine rings is 1. The second-order valence-electron chi connectivity index (χ2n) is 5.74. The molecular weight excluding hydrogens is 236 g/mol. The molecule has 0 spiro atoms. The van der Waals surface area contributed by atoms with E-state index in [2.05, 4.69) is 24.1 Å². The minimum Gasteiger partial charge on any atom is -0.468 e. The van der Waals surface area contributed by atoms with Gasteiger partial charge in [-0.05, 0) is 44.9 Å². The third kappa shape index (κ3) is 4.36. The highest BCUT2D eigenvalue weighted by Gasteiger charge is 2.25. The lowest BCUT2D eigenvalue weighted by Crippen LogP contribution is -2.48. The average Bonchev–Trinajstić information content (AvgIpc) is 2.93. The fraction of sp³-hybridized carbons (Fsp3) is 0.750. The van der Waals surface area contributed by atoms with Gasteiger partial charge in [0.05, 0.1) is 12.8 Å². The summed E-state index contributed by atoms with van der Waals surface area (Å²) in [5.74, 6) is 1.02. The number of rotatable bonds is 7. The van der Waals surface area contributed by atoms with Gasteiger partial charge in [-0.15, -0.1) is 0 Å². The van der Waals surface area contributed by atoms with E-state index in [1.165, 1.54) is 38.6 Å². The van der Waals surface area contributed by atoms with Gasteiger partial charge in [0.25, 0.3) is 0 Å². The second kappa shape index (κ2) is 7.71. The molecule has 1 aliphatic rings. The lowest BCUT2D eigenvalue weighted by Gasteiger charge is -2.40. The maximum absolute atomic E-state index is 5.34. The van der Waals surface area contributed by atoms with Gasteiger partial charge in [-0.2, -0.15) is 0 Å². The Labute approximate surface area is 117 Å². The summed E-state index contributed by atoms with van der Waals surface area (Å²) in [6.07, 6.45) is 8.55. The minimum atomic E-state index is 0.617. The van der Waals surface area contributed by atoms with Crippen LogP contribution in [0.3, 0.4) is 0 Å². The lowest BCUT2D eigenvalue weighted by molar-refractivity contribution is 0.0952. The molecule has 0 amide bonds. The molecule has 1 aromatic heterocycles. The van der Waals surface area contributed by atoms with Crippen molar-refractivity contribution in [2.24, 2.45) is 0 Å². The van der Waals surface area contributed by atoms with E-state index in [4.69, 9.17) is 4.42 Å². The number of hydrogen-bond donors (Lipinski definition) is 1. The molecular formula is C16H28N2O. The van der Waals surface area contributed by atoms with Crippen LogP contribution in [0.5, 0.6) is 0 Å². The predicted molar refractivity (Wildman–Crippen MR) is 79.1 cm³/mol. The summed E-state index contributed by atoms with van der Waals surface area (Å²) >= 11 is 0. The summed E-state index contributed by atoms with van der Waals surface area (Å²) < 4.78 is 5.34. The van der Waals surface area contributed by atoms with Crippen molar-refractivity contribution in [1.29, 1.82) is 0 Å². The van der Waals surface area contributed by atoms with Gasteiger partial charge in [-0.25, -0.2) is 0 Å². The van der Waals surface area contributed by atoms with Crippen LogP contribution >= 0.6 is 0 Å². The predicted octanol–water partition coefficient (Wildman–Crippen LogP) is 3.41. The summed E-state index contributed by atoms with van der Waals surface area (Å²) in [5.41, 5.74) is 0. The fourth-order valence-corrected chi connectivity index (χ4v) is 3.18. The Hall–Kier alpha value is -0.800. The number of hydrogen-bond acceptors (Lipinski definition) is 3. The molecule has 0 radical (unpaired) electrons. The summed E-state index contributed by atoms with van der Waals surface area (Å²) in [6, 6.07) is 5.40. The van der Waals surface area contributed by atoms with E-state index in [-0.39, 0.29) is 0 Å². The highest BCUT2D eigenvalue weighted by atomic mass is 16.3. The summed E-state index contributed by atoms with van der Waals surface area (Å²) in [5, 5.41) is 3.51. The van der Waals surface area contributed by atoms with Crippen molar-refractivity contribution in [2.75, 3.05) is 13.1 Å². The zero-order chi connectivity index (χ0) is 13.5. The molecule has 1 fully saturated rings. The molecule has 0 bridgehead atoms. The lowest BCUT2D eigenvalue weighted by atomic mass is 9.96. The highest BCUT2D eigenvalue weighted by molar-refractivity contribution is 4.97. The van der Waals surface area contributed by atoms with E-state index >= 15 is 0 Å². The van der Waals surface area contributed by atoms with Crippen LogP contribution in [0.2, 0.25) is 0 Å². The molecule has 1 aliphatic heterocycles. The normalized spacial score (nSPS) is 22.5. The Morgan fingerprint density at radius 1 is 1.47 bits per heavy atom. The van der Waals surface area contributed by atoms with Gasteiger partial charge in [-0.1, -0.05) is 19.8 Å². The quantitative estimate of drug-likeness (QED) is 0.818. The standard InChI is InChI=1S/C16H28N2O/c1-3-7-15-8-4-5-10-18(15)14(2)12-17-13-16-9-6-11-19-16/h6,9,11,14-15,17H,3-5,7-8,10,12-13H2,1-2H3. The topological polar surface area (TPSA) is 28.4 Å². The van der Waals surface area contributed by atoms with Gasteiger partial charge in [0.2, 0.25) is 0 Å². The Bertz CT molecular complexity index is 335. The SMILES string of the molecule is CCCC1CCCCN1C(C)CNCc1ccco1. The maximum Gasteiger partial charge on any atom is 0.117 e. The Balaban J connectivity index is 1.75. The Kier molecular flexibility index (Phi) is 5.93. The van der Waals surface area contributed by atoms with Gasteiger partial charge < -0.3 is 9.73 Å². The molecule has 1 saturated heterocycles. The van der Waals surface area contributed by atoms with Crippen LogP contribution in [0, 0.1) is 0 Å². The summed E-state index contributed by atoms with van der Waals surface area (Å²) in [7, 11) is 0. The Morgan fingerprint density at radius 3 is 3.11 bits per heavy atom. The van der Waals surface area contributed by atoms with E-state index < -0.39 is 0 Å². The molecule has 0 aliphatic carbocycles. The number of likely N-dealkylation sites (tertiary alicyclic amines) is 1. The fourth-order valence-electron chi connectivity index (χ4n) is 3.18. The third-order valence-electron chi connectivity index (χ3n) is 4.18. The van der Waals surface area contributed by atoms with Crippen LogP contribution in [-0.4, -0.2) is 30.1 Å². The van der Waals surface area contributed by atoms with E-state index in [0.29, 0.717) is 6.04 Å². The van der Waals surface area contributed by atoms with Crippen molar-refractivity contribution >= 4 is 0 Å². The zero-order valence-corrected chi connectivity index (χ0v) is 12.4. The summed E-state index contributed by atoms with van der Waals surface area (Å²) in [6.45, 7) is 7.80. The highest BCUT2D eigenvalue weighted by Crippen LogP contribution is 2.22. The van der Waals surface area contributed by atoms with Crippen molar-refractivity contribution in [1.82, 2.24) is 10.2 Å². The molecule has 19 heavy (non-hydrogen) atoms. The first-order valence-corrected chi connectivity index (χ1v) is 7.80. The van der Waals surface area contributed by atoms with Crippen LogP contribution in [-0.2, 0) is 6.54 Å². The molecule has 3 nitrogen and oxygen atoms in total. The van der Waals surface area contributed by atoms with Crippen molar-refractivity contribution in [3.8, 4) is 0 Å². The van der Waals surface area contributed by atoms with Crippen LogP contribution < -0.4 is 5.32 Å². The first-order valence-electron chi connectivity index (χ1n) is 7.80. The molecule has 2 atom stereocenters. The zero-order valence-electron chi connectivity index (χ0n) is 12.4. The van der Waals surface area contributed by atoms with Crippen molar-refractivity contribution < 1.29 is 4.42 Å². The summed E-state index contributed by atoms with van der Waals surface area (Å²) in [4.78, 5) is 2.71. The molecule has 2 heterocycles. The minimum absolute atomic E-state index is 0.617. The first-order chi connectivity index (χ1) is 9.31. The van der Waals surface area contributed by atoms with E-state index in [9.17, 15) is 0 Å². The van der Waals surface area contributed by atoms with Gasteiger partial charge in [-0.3, -0.25) is 4.90 Å². The molecule has 1 N–H and O–H groups in total. The van der Waals surface area contributed by atoms with Crippen molar-refractivity contribution in [3.05, 3.63) is 24.2 Å². The van der Waals surface area contributed by atoms with Gasteiger partial charge in [0, 0.05) is 18.6 Å². The average molecular weight is 264 g/mol. The molecule has 0 saturated carbocycles. The van der Waals surface area contributed by atoms with Crippen molar-refractivity contribution in [2.45, 2.75) is 64.6 Å². The number of nitrogens with zero attached hydrogens (tertiary/aromatic N) is 1. The molecule has 108 valence electrons. The molecule has 2 unspecified atom stereocenters. The van der Waals surface area contributed by atoms with Crippen LogP contribution in [0.1, 0.15) is 51.7 Å². The Morgan fingerprint density at radius 2 is 2.37 bits per heavy atom. The molecule has 0 aromatic carbocycles. The second-order valence-corrected chi connectivity index (χ2v) is 5.74. The van der Waals surface area contributed by atoms with Crippen LogP contribution in [0.4, 0.5) is 0 Å². The molecule has 3 heteroatoms. The third-order valence-corrected chi connectivity index (χ3v) is 4.18. The number of furan rings is 1.